The van der Waals surface area contributed by atoms with Crippen molar-refractivity contribution in [2.45, 2.75) is 4.90 Å². The minimum Gasteiger partial charge on any atom is -0.276 e. The summed E-state index contributed by atoms with van der Waals surface area (Å²) < 4.78 is 29.6. The number of anilines is 1. The first-order chi connectivity index (χ1) is 10.6. The topological polar surface area (TPSA) is 89.8 Å². The summed E-state index contributed by atoms with van der Waals surface area (Å²) in [6.07, 6.45) is 4.34. The van der Waals surface area contributed by atoms with Crippen LogP contribution in [0.1, 0.15) is 0 Å². The van der Waals surface area contributed by atoms with Crippen LogP contribution in [-0.4, -0.2) is 28.2 Å². The van der Waals surface area contributed by atoms with Crippen LogP contribution < -0.4 is 4.72 Å². The van der Waals surface area contributed by atoms with Crippen LogP contribution in [0.15, 0.2) is 64.6 Å². The van der Waals surface area contributed by atoms with Crippen molar-refractivity contribution >= 4 is 31.6 Å². The largest absolute Gasteiger partial charge is 0.276 e. The smallest absolute Gasteiger partial charge is 0.262 e. The fourth-order valence-electron chi connectivity index (χ4n) is 1.79. The molecule has 2 heterocycles. The number of aromatic nitrogens is 4. The Morgan fingerprint density at radius 2 is 1.91 bits per heavy atom. The van der Waals surface area contributed by atoms with Gasteiger partial charge in [0.2, 0.25) is 0 Å². The van der Waals surface area contributed by atoms with Crippen molar-refractivity contribution in [2.75, 3.05) is 4.72 Å². The number of nitrogens with one attached hydrogen (secondary N) is 1. The van der Waals surface area contributed by atoms with Crippen LogP contribution >= 0.6 is 15.9 Å². The second-order valence-corrected chi connectivity index (χ2v) is 6.87. The third kappa shape index (κ3) is 3.00. The van der Waals surface area contributed by atoms with Gasteiger partial charge in [0.1, 0.15) is 12.7 Å². The molecule has 0 saturated carbocycles. The van der Waals surface area contributed by atoms with E-state index in [4.69, 9.17) is 0 Å². The van der Waals surface area contributed by atoms with Crippen molar-refractivity contribution in [2.24, 2.45) is 0 Å². The molecule has 0 unspecified atom stereocenters. The van der Waals surface area contributed by atoms with E-state index in [1.807, 2.05) is 0 Å². The highest BCUT2D eigenvalue weighted by Gasteiger charge is 2.17. The molecule has 112 valence electrons. The van der Waals surface area contributed by atoms with Gasteiger partial charge in [0.15, 0.2) is 5.82 Å². The van der Waals surface area contributed by atoms with Gasteiger partial charge in [0.05, 0.1) is 10.6 Å². The highest BCUT2D eigenvalue weighted by Crippen LogP contribution is 2.21. The van der Waals surface area contributed by atoms with Gasteiger partial charge in [0.25, 0.3) is 10.0 Å². The van der Waals surface area contributed by atoms with Crippen molar-refractivity contribution in [1.29, 1.82) is 0 Å². The van der Waals surface area contributed by atoms with E-state index in [0.29, 0.717) is 11.5 Å². The molecule has 0 saturated heterocycles. The van der Waals surface area contributed by atoms with Gasteiger partial charge >= 0.3 is 0 Å². The number of sulfonamides is 1. The molecule has 0 bridgehead atoms. The van der Waals surface area contributed by atoms with Gasteiger partial charge in [-0.1, -0.05) is 15.9 Å². The van der Waals surface area contributed by atoms with E-state index in [0.717, 1.165) is 4.47 Å². The third-order valence-electron chi connectivity index (χ3n) is 2.79. The maximum atomic E-state index is 12.4. The Bertz CT molecular complexity index is 879. The molecule has 3 aromatic rings. The SMILES string of the molecule is O=S(=O)(Nc1cccnc1-n1cncn1)c1ccc(Br)cc1. The van der Waals surface area contributed by atoms with Gasteiger partial charge < -0.3 is 0 Å². The molecule has 0 aliphatic rings. The fourth-order valence-corrected chi connectivity index (χ4v) is 3.12. The van der Waals surface area contributed by atoms with Gasteiger partial charge in [-0.25, -0.2) is 23.1 Å². The standard InChI is InChI=1S/C13H10BrN5O2S/c14-10-3-5-11(6-4-10)22(20,21)18-12-2-1-7-16-13(12)19-9-15-8-17-19/h1-9,18H. The first-order valence-corrected chi connectivity index (χ1v) is 8.42. The summed E-state index contributed by atoms with van der Waals surface area (Å²) in [6.45, 7) is 0. The van der Waals surface area contributed by atoms with E-state index < -0.39 is 10.0 Å². The van der Waals surface area contributed by atoms with Crippen LogP contribution in [-0.2, 0) is 10.0 Å². The minimum absolute atomic E-state index is 0.157. The molecular weight excluding hydrogens is 370 g/mol. The molecule has 9 heteroatoms. The van der Waals surface area contributed by atoms with Crippen LogP contribution in [0.3, 0.4) is 0 Å². The molecule has 0 fully saturated rings. The summed E-state index contributed by atoms with van der Waals surface area (Å²) >= 11 is 3.27. The Hall–Kier alpha value is -2.26. The first-order valence-electron chi connectivity index (χ1n) is 6.15. The average Bonchev–Trinajstić information content (AvgIpc) is 3.02. The molecule has 0 atom stereocenters. The van der Waals surface area contributed by atoms with Crippen molar-refractivity contribution in [3.8, 4) is 5.82 Å². The monoisotopic (exact) mass is 379 g/mol. The summed E-state index contributed by atoms with van der Waals surface area (Å²) in [5, 5.41) is 3.96. The molecule has 3 rings (SSSR count). The molecule has 1 aromatic carbocycles. The zero-order chi connectivity index (χ0) is 15.6. The predicted octanol–water partition coefficient (Wildman–Crippen LogP) is 2.23. The van der Waals surface area contributed by atoms with Crippen LogP contribution in [0, 0.1) is 0 Å². The average molecular weight is 380 g/mol. The lowest BCUT2D eigenvalue weighted by Gasteiger charge is -2.11. The zero-order valence-corrected chi connectivity index (χ0v) is 13.5. The lowest BCUT2D eigenvalue weighted by atomic mass is 10.4. The number of hydrogen-bond donors (Lipinski definition) is 1. The van der Waals surface area contributed by atoms with E-state index >= 15 is 0 Å². The van der Waals surface area contributed by atoms with Crippen molar-refractivity contribution < 1.29 is 8.42 Å². The second kappa shape index (κ2) is 5.85. The number of halogens is 1. The summed E-state index contributed by atoms with van der Waals surface area (Å²) in [6, 6.07) is 9.60. The van der Waals surface area contributed by atoms with Crippen molar-refractivity contribution in [3.05, 3.63) is 59.7 Å². The molecule has 7 nitrogen and oxygen atoms in total. The van der Waals surface area contributed by atoms with Crippen LogP contribution in [0.25, 0.3) is 5.82 Å². The molecule has 0 amide bonds. The quantitative estimate of drug-likeness (QED) is 0.750. The Kier molecular flexibility index (Phi) is 3.90. The van der Waals surface area contributed by atoms with Gasteiger partial charge in [0, 0.05) is 10.7 Å². The van der Waals surface area contributed by atoms with Crippen LogP contribution in [0.2, 0.25) is 0 Å². The normalized spacial score (nSPS) is 11.3. The van der Waals surface area contributed by atoms with Gasteiger partial charge in [-0.3, -0.25) is 4.72 Å². The molecule has 2 aromatic heterocycles. The van der Waals surface area contributed by atoms with E-state index in [-0.39, 0.29) is 4.90 Å². The molecular formula is C13H10BrN5O2S. The van der Waals surface area contributed by atoms with E-state index in [9.17, 15) is 8.42 Å². The maximum absolute atomic E-state index is 12.4. The molecule has 0 aliphatic heterocycles. The van der Waals surface area contributed by atoms with Gasteiger partial charge in [-0.15, -0.1) is 0 Å². The Morgan fingerprint density at radius 1 is 1.14 bits per heavy atom. The zero-order valence-electron chi connectivity index (χ0n) is 11.1. The molecule has 0 aliphatic carbocycles. The summed E-state index contributed by atoms with van der Waals surface area (Å²) in [7, 11) is -3.72. The fraction of sp³-hybridized carbons (Fsp3) is 0. The lowest BCUT2D eigenvalue weighted by molar-refractivity contribution is 0.601. The van der Waals surface area contributed by atoms with E-state index in [2.05, 4.69) is 35.7 Å². The number of rotatable bonds is 4. The molecule has 0 radical (unpaired) electrons. The molecule has 0 spiro atoms. The van der Waals surface area contributed by atoms with E-state index in [1.165, 1.54) is 29.5 Å². The summed E-state index contributed by atoms with van der Waals surface area (Å²) in [5.41, 5.74) is 0.316. The number of pyridine rings is 1. The molecule has 1 N–H and O–H groups in total. The first kappa shape index (κ1) is 14.7. The second-order valence-electron chi connectivity index (χ2n) is 4.27. The summed E-state index contributed by atoms with van der Waals surface area (Å²) in [5.74, 6) is 0.348. The maximum Gasteiger partial charge on any atom is 0.262 e. The number of benzene rings is 1. The van der Waals surface area contributed by atoms with Crippen LogP contribution in [0.5, 0.6) is 0 Å². The van der Waals surface area contributed by atoms with Gasteiger partial charge in [-0.05, 0) is 36.4 Å². The Labute approximate surface area is 135 Å². The molecule has 22 heavy (non-hydrogen) atoms. The Morgan fingerprint density at radius 3 is 2.59 bits per heavy atom. The number of hydrogen-bond acceptors (Lipinski definition) is 5. The summed E-state index contributed by atoms with van der Waals surface area (Å²) in [4.78, 5) is 8.13. The van der Waals surface area contributed by atoms with E-state index in [1.54, 1.807) is 30.5 Å². The number of nitrogens with zero attached hydrogens (tertiary/aromatic N) is 4. The van der Waals surface area contributed by atoms with Crippen molar-refractivity contribution in [3.63, 3.8) is 0 Å². The van der Waals surface area contributed by atoms with Crippen molar-refractivity contribution in [1.82, 2.24) is 19.7 Å². The Balaban J connectivity index is 1.98. The minimum atomic E-state index is -3.72. The predicted molar refractivity (Wildman–Crippen MR) is 84.1 cm³/mol. The lowest BCUT2D eigenvalue weighted by Crippen LogP contribution is -2.15. The third-order valence-corrected chi connectivity index (χ3v) is 4.70. The van der Waals surface area contributed by atoms with Gasteiger partial charge in [-0.2, -0.15) is 5.10 Å². The highest BCUT2D eigenvalue weighted by molar-refractivity contribution is 9.10. The highest BCUT2D eigenvalue weighted by atomic mass is 79.9. The van der Waals surface area contributed by atoms with Crippen LogP contribution in [0.4, 0.5) is 5.69 Å².